The third-order valence-corrected chi connectivity index (χ3v) is 4.21. The number of ketones is 1. The molecule has 2 aromatic heterocycles. The van der Waals surface area contributed by atoms with Crippen molar-refractivity contribution >= 4 is 28.4 Å². The highest BCUT2D eigenvalue weighted by Gasteiger charge is 2.21. The van der Waals surface area contributed by atoms with E-state index in [0.29, 0.717) is 11.0 Å². The Morgan fingerprint density at radius 2 is 1.63 bits per heavy atom. The zero-order valence-corrected chi connectivity index (χ0v) is 15.1. The Morgan fingerprint density at radius 1 is 0.867 bits per heavy atom. The van der Waals surface area contributed by atoms with Crippen LogP contribution in [0.3, 0.4) is 0 Å². The van der Waals surface area contributed by atoms with Crippen LogP contribution in [-0.2, 0) is 0 Å². The van der Waals surface area contributed by atoms with Gasteiger partial charge in [-0.3, -0.25) is 24.5 Å². The minimum Gasteiger partial charge on any atom is -0.322 e. The second-order valence-corrected chi connectivity index (χ2v) is 6.23. The molecule has 1 amide bonds. The first-order valence-corrected chi connectivity index (χ1v) is 8.60. The second kappa shape index (κ2) is 7.70. The van der Waals surface area contributed by atoms with E-state index in [2.05, 4.69) is 20.3 Å². The van der Waals surface area contributed by atoms with Gasteiger partial charge in [0.05, 0.1) is 17.3 Å². The molecule has 0 radical (unpaired) electrons. The van der Waals surface area contributed by atoms with Crippen LogP contribution in [0.25, 0.3) is 11.0 Å². The number of halogens is 3. The van der Waals surface area contributed by atoms with Crippen molar-refractivity contribution in [3.8, 4) is 0 Å². The fraction of sp³-hybridized carbons (Fsp3) is 0. The largest absolute Gasteiger partial charge is 0.322 e. The molecule has 0 aliphatic carbocycles. The summed E-state index contributed by atoms with van der Waals surface area (Å²) in [6.45, 7) is 0. The average Bonchev–Trinajstić information content (AvgIpc) is 2.75. The molecule has 6 nitrogen and oxygen atoms in total. The molecule has 1 N–H and O–H groups in total. The molecule has 0 saturated carbocycles. The van der Waals surface area contributed by atoms with Crippen molar-refractivity contribution in [3.63, 3.8) is 0 Å². The molecule has 0 fully saturated rings. The van der Waals surface area contributed by atoms with E-state index in [1.165, 1.54) is 36.8 Å². The predicted octanol–water partition coefficient (Wildman–Crippen LogP) is 3.93. The molecule has 0 saturated heterocycles. The number of aromatic nitrogens is 3. The Kier molecular flexibility index (Phi) is 4.93. The summed E-state index contributed by atoms with van der Waals surface area (Å²) >= 11 is 0. The Hall–Kier alpha value is -4.14. The van der Waals surface area contributed by atoms with Crippen LogP contribution in [-0.4, -0.2) is 26.6 Å². The number of benzene rings is 2. The topological polar surface area (TPSA) is 84.8 Å². The standard InChI is InChI=1S/C21H11F3N4O2/c22-12-3-1-2-11(6-12)21(30)28-13-7-14(19(24)15(23)8-13)20(29)17-9-16-18(10-27-17)26-5-4-25-16/h1-10H,(H,28,30). The molecule has 0 unspecified atom stereocenters. The van der Waals surface area contributed by atoms with E-state index >= 15 is 0 Å². The number of rotatable bonds is 4. The van der Waals surface area contributed by atoms with Crippen molar-refractivity contribution in [1.29, 1.82) is 0 Å². The highest BCUT2D eigenvalue weighted by atomic mass is 19.2. The minimum absolute atomic E-state index is 0.0256. The molecule has 2 aromatic carbocycles. The number of carbonyl (C=O) groups is 2. The van der Waals surface area contributed by atoms with Gasteiger partial charge in [0.1, 0.15) is 17.0 Å². The zero-order chi connectivity index (χ0) is 21.3. The van der Waals surface area contributed by atoms with Crippen molar-refractivity contribution in [2.24, 2.45) is 0 Å². The molecule has 0 aliphatic rings. The maximum atomic E-state index is 14.3. The monoisotopic (exact) mass is 408 g/mol. The zero-order valence-electron chi connectivity index (χ0n) is 15.1. The predicted molar refractivity (Wildman–Crippen MR) is 101 cm³/mol. The van der Waals surface area contributed by atoms with Gasteiger partial charge in [-0.2, -0.15) is 0 Å². The van der Waals surface area contributed by atoms with Crippen molar-refractivity contribution in [2.75, 3.05) is 5.32 Å². The summed E-state index contributed by atoms with van der Waals surface area (Å²) in [5.74, 6) is -5.01. The van der Waals surface area contributed by atoms with Crippen molar-refractivity contribution in [1.82, 2.24) is 15.0 Å². The van der Waals surface area contributed by atoms with Crippen molar-refractivity contribution < 1.29 is 22.8 Å². The van der Waals surface area contributed by atoms with E-state index in [1.807, 2.05) is 0 Å². The molecule has 4 aromatic rings. The lowest BCUT2D eigenvalue weighted by atomic mass is 10.0. The van der Waals surface area contributed by atoms with Crippen LogP contribution in [0.2, 0.25) is 0 Å². The fourth-order valence-electron chi connectivity index (χ4n) is 2.79. The van der Waals surface area contributed by atoms with Gasteiger partial charge in [0, 0.05) is 29.7 Å². The lowest BCUT2D eigenvalue weighted by molar-refractivity contribution is 0.101. The highest BCUT2D eigenvalue weighted by Crippen LogP contribution is 2.22. The van der Waals surface area contributed by atoms with Gasteiger partial charge >= 0.3 is 0 Å². The molecule has 4 rings (SSSR count). The molecular weight excluding hydrogens is 397 g/mol. The van der Waals surface area contributed by atoms with E-state index in [0.717, 1.165) is 24.3 Å². The first-order chi connectivity index (χ1) is 14.4. The van der Waals surface area contributed by atoms with Gasteiger partial charge in [-0.25, -0.2) is 13.2 Å². The van der Waals surface area contributed by atoms with Gasteiger partial charge < -0.3 is 5.32 Å². The summed E-state index contributed by atoms with van der Waals surface area (Å²) < 4.78 is 41.7. The van der Waals surface area contributed by atoms with Crippen molar-refractivity contribution in [3.05, 3.63) is 95.3 Å². The summed E-state index contributed by atoms with van der Waals surface area (Å²) in [5, 5.41) is 2.32. The SMILES string of the molecule is O=C(Nc1cc(F)c(F)c(C(=O)c2cc3nccnc3cn2)c1)c1cccc(F)c1. The molecule has 0 atom stereocenters. The molecule has 148 valence electrons. The first kappa shape index (κ1) is 19.2. The molecule has 9 heteroatoms. The Morgan fingerprint density at radius 3 is 2.40 bits per heavy atom. The number of fused-ring (bicyclic) bond motifs is 1. The van der Waals surface area contributed by atoms with E-state index in [-0.39, 0.29) is 16.9 Å². The molecule has 0 bridgehead atoms. The minimum atomic E-state index is -1.38. The van der Waals surface area contributed by atoms with Gasteiger partial charge in [0.15, 0.2) is 11.6 Å². The maximum absolute atomic E-state index is 14.3. The number of nitrogens with one attached hydrogen (secondary N) is 1. The molecule has 0 aliphatic heterocycles. The second-order valence-electron chi connectivity index (χ2n) is 6.23. The quantitative estimate of drug-likeness (QED) is 0.518. The van der Waals surface area contributed by atoms with E-state index in [9.17, 15) is 22.8 Å². The third kappa shape index (κ3) is 3.72. The van der Waals surface area contributed by atoms with E-state index in [4.69, 9.17) is 0 Å². The van der Waals surface area contributed by atoms with Gasteiger partial charge in [-0.05, 0) is 30.3 Å². The van der Waals surface area contributed by atoms with Gasteiger partial charge in [0.2, 0.25) is 5.78 Å². The third-order valence-electron chi connectivity index (χ3n) is 4.21. The van der Waals surface area contributed by atoms with Crippen LogP contribution in [0.4, 0.5) is 18.9 Å². The van der Waals surface area contributed by atoms with E-state index < -0.39 is 34.7 Å². The maximum Gasteiger partial charge on any atom is 0.255 e. The normalized spacial score (nSPS) is 10.8. The van der Waals surface area contributed by atoms with E-state index in [1.54, 1.807) is 0 Å². The van der Waals surface area contributed by atoms with Crippen LogP contribution in [0.5, 0.6) is 0 Å². The van der Waals surface area contributed by atoms with Crippen LogP contribution < -0.4 is 5.32 Å². The lowest BCUT2D eigenvalue weighted by Crippen LogP contribution is -2.14. The number of amides is 1. The molecular formula is C21H11F3N4O2. The smallest absolute Gasteiger partial charge is 0.255 e. The number of hydrogen-bond donors (Lipinski definition) is 1. The Bertz CT molecular complexity index is 1310. The van der Waals surface area contributed by atoms with Gasteiger partial charge in [-0.15, -0.1) is 0 Å². The van der Waals surface area contributed by atoms with Crippen molar-refractivity contribution in [2.45, 2.75) is 0 Å². The van der Waals surface area contributed by atoms with Gasteiger partial charge in [0.25, 0.3) is 5.91 Å². The summed E-state index contributed by atoms with van der Waals surface area (Å²) in [7, 11) is 0. The summed E-state index contributed by atoms with van der Waals surface area (Å²) in [4.78, 5) is 37.0. The fourth-order valence-corrected chi connectivity index (χ4v) is 2.79. The number of anilines is 1. The van der Waals surface area contributed by atoms with Crippen LogP contribution in [0, 0.1) is 17.5 Å². The summed E-state index contributed by atoms with van der Waals surface area (Å²) in [6.07, 6.45) is 4.16. The molecule has 2 heterocycles. The van der Waals surface area contributed by atoms with Gasteiger partial charge in [-0.1, -0.05) is 6.07 Å². The summed E-state index contributed by atoms with van der Waals surface area (Å²) in [6, 6.07) is 7.85. The Labute approximate surface area is 167 Å². The number of carbonyl (C=O) groups excluding carboxylic acids is 2. The van der Waals surface area contributed by atoms with Crippen LogP contribution >= 0.6 is 0 Å². The number of nitrogens with zero attached hydrogens (tertiary/aromatic N) is 3. The lowest BCUT2D eigenvalue weighted by Gasteiger charge is -2.09. The van der Waals surface area contributed by atoms with Crippen LogP contribution in [0.15, 0.2) is 61.1 Å². The average molecular weight is 408 g/mol. The Balaban J connectivity index is 1.68. The number of pyridine rings is 1. The first-order valence-electron chi connectivity index (χ1n) is 8.60. The van der Waals surface area contributed by atoms with Crippen LogP contribution in [0.1, 0.15) is 26.4 Å². The summed E-state index contributed by atoms with van der Waals surface area (Å²) in [5.41, 5.74) is -0.214. The number of hydrogen-bond acceptors (Lipinski definition) is 5. The molecule has 0 spiro atoms. The molecule has 30 heavy (non-hydrogen) atoms. The highest BCUT2D eigenvalue weighted by molar-refractivity contribution is 6.10.